The normalized spacial score (nSPS) is 13.1. The van der Waals surface area contributed by atoms with E-state index < -0.39 is 0 Å². The van der Waals surface area contributed by atoms with Crippen LogP contribution in [-0.2, 0) is 0 Å². The molecule has 0 aliphatic heterocycles. The van der Waals surface area contributed by atoms with Crippen LogP contribution in [0.1, 0.15) is 36.0 Å². The summed E-state index contributed by atoms with van der Waals surface area (Å²) in [5.74, 6) is 1.63. The molecule has 0 aromatic carbocycles. The molecule has 2 aromatic rings. The monoisotopic (exact) mass is 204 g/mol. The summed E-state index contributed by atoms with van der Waals surface area (Å²) in [7, 11) is 0. The van der Waals surface area contributed by atoms with Crippen LogP contribution in [0.25, 0.3) is 0 Å². The van der Waals surface area contributed by atoms with Gasteiger partial charge in [0.1, 0.15) is 11.8 Å². The van der Waals surface area contributed by atoms with E-state index in [1.807, 2.05) is 6.92 Å². The van der Waals surface area contributed by atoms with Gasteiger partial charge in [0.05, 0.1) is 6.20 Å². The molecule has 0 fully saturated rings. The number of hydrogen-bond acceptors (Lipinski definition) is 2. The Labute approximate surface area is 89.7 Å². The number of aromatic nitrogens is 2. The zero-order valence-electron chi connectivity index (χ0n) is 9.61. The van der Waals surface area contributed by atoms with Crippen molar-refractivity contribution in [1.82, 2.24) is 9.55 Å². The number of aryl methyl sites for hydroxylation is 3. The summed E-state index contributed by atoms with van der Waals surface area (Å²) in [6.45, 7) is 8.21. The molecule has 0 N–H and O–H groups in total. The predicted molar refractivity (Wildman–Crippen MR) is 59.0 cm³/mol. The predicted octanol–water partition coefficient (Wildman–Crippen LogP) is 3.01. The van der Waals surface area contributed by atoms with Crippen LogP contribution in [0.5, 0.6) is 0 Å². The molecule has 2 heterocycles. The molecule has 3 heteroatoms. The molecule has 1 atom stereocenters. The van der Waals surface area contributed by atoms with Gasteiger partial charge in [-0.15, -0.1) is 0 Å². The van der Waals surface area contributed by atoms with Gasteiger partial charge in [-0.1, -0.05) is 0 Å². The Kier molecular flexibility index (Phi) is 2.39. The highest BCUT2D eigenvalue weighted by Gasteiger charge is 2.15. The van der Waals surface area contributed by atoms with E-state index in [0.29, 0.717) is 0 Å². The lowest BCUT2D eigenvalue weighted by Crippen LogP contribution is -2.10. The first-order valence-electron chi connectivity index (χ1n) is 5.16. The molecular weight excluding hydrogens is 188 g/mol. The lowest BCUT2D eigenvalue weighted by atomic mass is 10.3. The van der Waals surface area contributed by atoms with Crippen LogP contribution in [-0.4, -0.2) is 9.55 Å². The van der Waals surface area contributed by atoms with E-state index in [2.05, 4.69) is 42.5 Å². The fourth-order valence-electron chi connectivity index (χ4n) is 1.97. The minimum atomic E-state index is 0.161. The van der Waals surface area contributed by atoms with Crippen molar-refractivity contribution < 1.29 is 4.42 Å². The van der Waals surface area contributed by atoms with Crippen LogP contribution in [0.4, 0.5) is 0 Å². The molecule has 0 radical (unpaired) electrons. The van der Waals surface area contributed by atoms with Crippen LogP contribution in [0, 0.1) is 20.8 Å². The van der Waals surface area contributed by atoms with E-state index in [-0.39, 0.29) is 6.04 Å². The molecule has 0 aliphatic carbocycles. The first-order chi connectivity index (χ1) is 7.09. The molecular formula is C12H16N2O. The summed E-state index contributed by atoms with van der Waals surface area (Å²) in [5.41, 5.74) is 2.46. The van der Waals surface area contributed by atoms with E-state index in [1.54, 1.807) is 6.20 Å². The van der Waals surface area contributed by atoms with Crippen LogP contribution < -0.4 is 0 Å². The fourth-order valence-corrected chi connectivity index (χ4v) is 1.97. The molecule has 0 aliphatic rings. The first kappa shape index (κ1) is 10.0. The lowest BCUT2D eigenvalue weighted by Gasteiger charge is -2.14. The Hall–Kier alpha value is -1.51. The van der Waals surface area contributed by atoms with Gasteiger partial charge in [0.25, 0.3) is 0 Å². The highest BCUT2D eigenvalue weighted by Crippen LogP contribution is 2.22. The van der Waals surface area contributed by atoms with Crippen LogP contribution in [0.3, 0.4) is 0 Å². The highest BCUT2D eigenvalue weighted by atomic mass is 16.4. The van der Waals surface area contributed by atoms with Gasteiger partial charge in [0, 0.05) is 11.4 Å². The zero-order valence-corrected chi connectivity index (χ0v) is 9.61. The number of rotatable bonds is 2. The second-order valence-electron chi connectivity index (χ2n) is 3.97. The van der Waals surface area contributed by atoms with Gasteiger partial charge in [-0.2, -0.15) is 0 Å². The molecule has 0 saturated carbocycles. The topological polar surface area (TPSA) is 31.0 Å². The maximum Gasteiger partial charge on any atom is 0.217 e. The van der Waals surface area contributed by atoms with Crippen molar-refractivity contribution in [2.75, 3.05) is 0 Å². The average molecular weight is 204 g/mol. The molecule has 0 saturated heterocycles. The standard InChI is InChI=1S/C12H16N2O/c1-8-5-6-9(2)14(8)11(4)12-13-7-10(3)15-12/h5-7,11H,1-4H3. The smallest absolute Gasteiger partial charge is 0.217 e. The van der Waals surface area contributed by atoms with Crippen molar-refractivity contribution >= 4 is 0 Å². The van der Waals surface area contributed by atoms with Crippen LogP contribution in [0.2, 0.25) is 0 Å². The highest BCUT2D eigenvalue weighted by molar-refractivity contribution is 5.17. The molecule has 0 bridgehead atoms. The van der Waals surface area contributed by atoms with E-state index in [0.717, 1.165) is 11.7 Å². The molecule has 2 rings (SSSR count). The lowest BCUT2D eigenvalue weighted by molar-refractivity contribution is 0.410. The van der Waals surface area contributed by atoms with Crippen molar-refractivity contribution in [3.63, 3.8) is 0 Å². The minimum Gasteiger partial charge on any atom is -0.444 e. The van der Waals surface area contributed by atoms with Gasteiger partial charge >= 0.3 is 0 Å². The molecule has 80 valence electrons. The Morgan fingerprint density at radius 3 is 2.27 bits per heavy atom. The van der Waals surface area contributed by atoms with Crippen molar-refractivity contribution in [3.05, 3.63) is 41.4 Å². The third-order valence-electron chi connectivity index (χ3n) is 2.71. The van der Waals surface area contributed by atoms with Crippen LogP contribution in [0.15, 0.2) is 22.7 Å². The number of oxazole rings is 1. The maximum atomic E-state index is 5.55. The molecule has 0 spiro atoms. The third kappa shape index (κ3) is 1.69. The summed E-state index contributed by atoms with van der Waals surface area (Å²) in [4.78, 5) is 4.27. The molecule has 15 heavy (non-hydrogen) atoms. The molecule has 0 amide bonds. The van der Waals surface area contributed by atoms with E-state index in [4.69, 9.17) is 4.42 Å². The van der Waals surface area contributed by atoms with Gasteiger partial charge < -0.3 is 8.98 Å². The molecule has 2 aromatic heterocycles. The van der Waals surface area contributed by atoms with Gasteiger partial charge in [0.15, 0.2) is 0 Å². The third-order valence-corrected chi connectivity index (χ3v) is 2.71. The van der Waals surface area contributed by atoms with Crippen molar-refractivity contribution in [2.45, 2.75) is 33.7 Å². The van der Waals surface area contributed by atoms with Gasteiger partial charge in [-0.25, -0.2) is 4.98 Å². The van der Waals surface area contributed by atoms with Crippen molar-refractivity contribution in [1.29, 1.82) is 0 Å². The molecule has 1 unspecified atom stereocenters. The summed E-state index contributed by atoms with van der Waals surface area (Å²) in [5, 5.41) is 0. The maximum absolute atomic E-state index is 5.55. The summed E-state index contributed by atoms with van der Waals surface area (Å²) < 4.78 is 7.77. The SMILES string of the molecule is Cc1cnc(C(C)n2c(C)ccc2C)o1. The Morgan fingerprint density at radius 1 is 1.20 bits per heavy atom. The molecule has 3 nitrogen and oxygen atoms in total. The van der Waals surface area contributed by atoms with E-state index in [1.165, 1.54) is 11.4 Å². The fraction of sp³-hybridized carbons (Fsp3) is 0.417. The summed E-state index contributed by atoms with van der Waals surface area (Å²) in [6, 6.07) is 4.39. The van der Waals surface area contributed by atoms with Crippen LogP contribution >= 0.6 is 0 Å². The quantitative estimate of drug-likeness (QED) is 0.753. The Balaban J connectivity index is 2.40. The first-order valence-corrected chi connectivity index (χ1v) is 5.16. The van der Waals surface area contributed by atoms with Gasteiger partial charge in [-0.05, 0) is 39.8 Å². The number of hydrogen-bond donors (Lipinski definition) is 0. The van der Waals surface area contributed by atoms with E-state index in [9.17, 15) is 0 Å². The summed E-state index contributed by atoms with van der Waals surface area (Å²) in [6.07, 6.45) is 1.76. The summed E-state index contributed by atoms with van der Waals surface area (Å²) >= 11 is 0. The second-order valence-corrected chi connectivity index (χ2v) is 3.97. The average Bonchev–Trinajstić information content (AvgIpc) is 2.73. The van der Waals surface area contributed by atoms with Crippen molar-refractivity contribution in [2.24, 2.45) is 0 Å². The van der Waals surface area contributed by atoms with Gasteiger partial charge in [0.2, 0.25) is 5.89 Å². The van der Waals surface area contributed by atoms with Gasteiger partial charge in [-0.3, -0.25) is 0 Å². The number of nitrogens with zero attached hydrogens (tertiary/aromatic N) is 2. The van der Waals surface area contributed by atoms with Crippen molar-refractivity contribution in [3.8, 4) is 0 Å². The minimum absolute atomic E-state index is 0.161. The van der Waals surface area contributed by atoms with E-state index >= 15 is 0 Å². The second kappa shape index (κ2) is 3.57. The zero-order chi connectivity index (χ0) is 11.0. The Morgan fingerprint density at radius 2 is 1.80 bits per heavy atom. The largest absolute Gasteiger partial charge is 0.444 e. The Bertz CT molecular complexity index is 448.